The fourth-order valence-electron chi connectivity index (χ4n) is 2.92. The molecule has 26 heavy (non-hydrogen) atoms. The van der Waals surface area contributed by atoms with E-state index < -0.39 is 6.04 Å². The summed E-state index contributed by atoms with van der Waals surface area (Å²) in [5, 5.41) is 6.18. The van der Waals surface area contributed by atoms with Gasteiger partial charge in [0.2, 0.25) is 5.91 Å². The average molecular weight is 372 g/mol. The summed E-state index contributed by atoms with van der Waals surface area (Å²) < 4.78 is 0. The molecule has 0 saturated carbocycles. The second-order valence-corrected chi connectivity index (χ2v) is 7.65. The van der Waals surface area contributed by atoms with Crippen LogP contribution in [0.15, 0.2) is 24.3 Å². The number of amides is 2. The van der Waals surface area contributed by atoms with Crippen molar-refractivity contribution in [1.29, 1.82) is 0 Å². The molecular weight excluding hydrogens is 348 g/mol. The molecule has 1 aromatic heterocycles. The van der Waals surface area contributed by atoms with Gasteiger partial charge in [-0.25, -0.2) is 4.98 Å². The SMILES string of the molecule is CCN1CCc2nc(NC(=O)C(C)NC(=O)c3cccc(C)c3)sc2C1. The molecule has 0 fully saturated rings. The first-order chi connectivity index (χ1) is 12.5. The van der Waals surface area contributed by atoms with Crippen molar-refractivity contribution < 1.29 is 9.59 Å². The normalized spacial score (nSPS) is 15.2. The molecule has 1 aliphatic heterocycles. The highest BCUT2D eigenvalue weighted by Gasteiger charge is 2.22. The fourth-order valence-corrected chi connectivity index (χ4v) is 3.97. The predicted molar refractivity (Wildman–Crippen MR) is 104 cm³/mol. The Kier molecular flexibility index (Phi) is 5.68. The van der Waals surface area contributed by atoms with Crippen molar-refractivity contribution in [2.45, 2.75) is 39.8 Å². The van der Waals surface area contributed by atoms with E-state index in [1.165, 1.54) is 16.2 Å². The maximum atomic E-state index is 12.4. The molecular formula is C19H24N4O2S. The van der Waals surface area contributed by atoms with E-state index >= 15 is 0 Å². The van der Waals surface area contributed by atoms with Gasteiger partial charge in [-0.3, -0.25) is 14.5 Å². The third kappa shape index (κ3) is 4.28. The van der Waals surface area contributed by atoms with Crippen LogP contribution in [0.5, 0.6) is 0 Å². The van der Waals surface area contributed by atoms with E-state index in [0.717, 1.165) is 37.3 Å². The summed E-state index contributed by atoms with van der Waals surface area (Å²) >= 11 is 1.52. The summed E-state index contributed by atoms with van der Waals surface area (Å²) in [6, 6.07) is 6.65. The van der Waals surface area contributed by atoms with Crippen molar-refractivity contribution in [2.24, 2.45) is 0 Å². The van der Waals surface area contributed by atoms with Gasteiger partial charge in [0.1, 0.15) is 6.04 Å². The molecule has 2 amide bonds. The molecule has 7 heteroatoms. The number of carbonyl (C=O) groups is 2. The predicted octanol–water partition coefficient (Wildman–Crippen LogP) is 2.59. The number of carbonyl (C=O) groups excluding carboxylic acids is 2. The second-order valence-electron chi connectivity index (χ2n) is 6.56. The Bertz CT molecular complexity index is 818. The molecule has 2 aromatic rings. The van der Waals surface area contributed by atoms with Crippen LogP contribution in [0, 0.1) is 6.92 Å². The molecule has 2 N–H and O–H groups in total. The number of nitrogens with zero attached hydrogens (tertiary/aromatic N) is 2. The minimum absolute atomic E-state index is 0.256. The van der Waals surface area contributed by atoms with Crippen LogP contribution in [0.1, 0.15) is 40.3 Å². The summed E-state index contributed by atoms with van der Waals surface area (Å²) in [7, 11) is 0. The van der Waals surface area contributed by atoms with Gasteiger partial charge in [0.15, 0.2) is 5.13 Å². The van der Waals surface area contributed by atoms with E-state index in [-0.39, 0.29) is 11.8 Å². The molecule has 1 aromatic carbocycles. The van der Waals surface area contributed by atoms with E-state index in [1.807, 2.05) is 19.1 Å². The zero-order chi connectivity index (χ0) is 18.7. The van der Waals surface area contributed by atoms with Crippen molar-refractivity contribution >= 4 is 28.3 Å². The zero-order valence-electron chi connectivity index (χ0n) is 15.3. The van der Waals surface area contributed by atoms with Crippen molar-refractivity contribution in [3.63, 3.8) is 0 Å². The Labute approximate surface area is 157 Å². The lowest BCUT2D eigenvalue weighted by molar-refractivity contribution is -0.117. The number of benzene rings is 1. The minimum Gasteiger partial charge on any atom is -0.341 e. The van der Waals surface area contributed by atoms with Crippen LogP contribution in [-0.4, -0.2) is 40.8 Å². The van der Waals surface area contributed by atoms with Crippen LogP contribution in [0.25, 0.3) is 0 Å². The van der Waals surface area contributed by atoms with Gasteiger partial charge in [-0.2, -0.15) is 0 Å². The lowest BCUT2D eigenvalue weighted by atomic mass is 10.1. The lowest BCUT2D eigenvalue weighted by Gasteiger charge is -2.23. The molecule has 1 unspecified atom stereocenters. The first kappa shape index (κ1) is 18.5. The lowest BCUT2D eigenvalue weighted by Crippen LogP contribution is -2.41. The average Bonchev–Trinajstić information content (AvgIpc) is 3.02. The quantitative estimate of drug-likeness (QED) is 0.846. The molecule has 0 saturated heterocycles. The van der Waals surface area contributed by atoms with Crippen molar-refractivity contribution in [1.82, 2.24) is 15.2 Å². The third-order valence-corrected chi connectivity index (χ3v) is 5.51. The molecule has 1 atom stereocenters. The fraction of sp³-hybridized carbons (Fsp3) is 0.421. The number of hydrogen-bond acceptors (Lipinski definition) is 5. The largest absolute Gasteiger partial charge is 0.341 e. The molecule has 3 rings (SSSR count). The summed E-state index contributed by atoms with van der Waals surface area (Å²) in [5.41, 5.74) is 2.63. The number of nitrogens with one attached hydrogen (secondary N) is 2. The van der Waals surface area contributed by atoms with Gasteiger partial charge in [-0.05, 0) is 32.5 Å². The van der Waals surface area contributed by atoms with Crippen LogP contribution < -0.4 is 10.6 Å². The van der Waals surface area contributed by atoms with Gasteiger partial charge in [0, 0.05) is 30.0 Å². The first-order valence-corrected chi connectivity index (χ1v) is 9.67. The number of aryl methyl sites for hydroxylation is 1. The molecule has 138 valence electrons. The molecule has 6 nitrogen and oxygen atoms in total. The number of thiazole rings is 1. The number of anilines is 1. The smallest absolute Gasteiger partial charge is 0.251 e. The van der Waals surface area contributed by atoms with Gasteiger partial charge in [0.05, 0.1) is 5.69 Å². The van der Waals surface area contributed by atoms with E-state index in [4.69, 9.17) is 0 Å². The van der Waals surface area contributed by atoms with Gasteiger partial charge in [0.25, 0.3) is 5.91 Å². The van der Waals surface area contributed by atoms with Crippen molar-refractivity contribution in [3.8, 4) is 0 Å². The molecule has 2 heterocycles. The van der Waals surface area contributed by atoms with Gasteiger partial charge in [-0.15, -0.1) is 11.3 Å². The standard InChI is InChI=1S/C19H24N4O2S/c1-4-23-9-8-15-16(11-23)26-19(21-15)22-17(24)13(3)20-18(25)14-7-5-6-12(2)10-14/h5-7,10,13H,4,8-9,11H2,1-3H3,(H,20,25)(H,21,22,24). The summed E-state index contributed by atoms with van der Waals surface area (Å²) in [6.45, 7) is 8.66. The number of rotatable bonds is 5. The van der Waals surface area contributed by atoms with Gasteiger partial charge >= 0.3 is 0 Å². The first-order valence-electron chi connectivity index (χ1n) is 8.85. The second kappa shape index (κ2) is 7.97. The molecule has 1 aliphatic rings. The monoisotopic (exact) mass is 372 g/mol. The Morgan fingerprint density at radius 3 is 2.92 bits per heavy atom. The van der Waals surface area contributed by atoms with Crippen molar-refractivity contribution in [2.75, 3.05) is 18.4 Å². The van der Waals surface area contributed by atoms with Crippen molar-refractivity contribution in [3.05, 3.63) is 46.0 Å². The van der Waals surface area contributed by atoms with Crippen LogP contribution in [0.2, 0.25) is 0 Å². The summed E-state index contributed by atoms with van der Waals surface area (Å²) in [4.78, 5) is 32.8. The van der Waals surface area contributed by atoms with E-state index in [0.29, 0.717) is 10.7 Å². The summed E-state index contributed by atoms with van der Waals surface area (Å²) in [5.74, 6) is -0.516. The maximum absolute atomic E-state index is 12.4. The Hall–Kier alpha value is -2.25. The summed E-state index contributed by atoms with van der Waals surface area (Å²) in [6.07, 6.45) is 0.912. The molecule has 0 spiro atoms. The molecule has 0 radical (unpaired) electrons. The molecule has 0 aliphatic carbocycles. The Morgan fingerprint density at radius 2 is 2.19 bits per heavy atom. The van der Waals surface area contributed by atoms with E-state index in [1.54, 1.807) is 19.1 Å². The number of hydrogen-bond donors (Lipinski definition) is 2. The van der Waals surface area contributed by atoms with E-state index in [2.05, 4.69) is 27.4 Å². The van der Waals surface area contributed by atoms with Crippen LogP contribution in [0.4, 0.5) is 5.13 Å². The third-order valence-electron chi connectivity index (χ3n) is 4.51. The minimum atomic E-state index is -0.643. The van der Waals surface area contributed by atoms with Crippen LogP contribution >= 0.6 is 11.3 Å². The maximum Gasteiger partial charge on any atom is 0.251 e. The highest BCUT2D eigenvalue weighted by atomic mass is 32.1. The van der Waals surface area contributed by atoms with Gasteiger partial charge in [-0.1, -0.05) is 24.6 Å². The number of fused-ring (bicyclic) bond motifs is 1. The van der Waals surface area contributed by atoms with Crippen LogP contribution in [-0.2, 0) is 17.8 Å². The number of aromatic nitrogens is 1. The highest BCUT2D eigenvalue weighted by molar-refractivity contribution is 7.15. The Morgan fingerprint density at radius 1 is 1.38 bits per heavy atom. The zero-order valence-corrected chi connectivity index (χ0v) is 16.2. The van der Waals surface area contributed by atoms with Gasteiger partial charge < -0.3 is 10.6 Å². The number of likely N-dealkylation sites (N-methyl/N-ethyl adjacent to an activating group) is 1. The Balaban J connectivity index is 1.59. The van der Waals surface area contributed by atoms with E-state index in [9.17, 15) is 9.59 Å². The highest BCUT2D eigenvalue weighted by Crippen LogP contribution is 2.28. The topological polar surface area (TPSA) is 74.3 Å². The molecule has 0 bridgehead atoms. The van der Waals surface area contributed by atoms with Crippen LogP contribution in [0.3, 0.4) is 0 Å².